The second kappa shape index (κ2) is 7.39. The van der Waals surface area contributed by atoms with Crippen molar-refractivity contribution in [1.29, 1.82) is 0 Å². The summed E-state index contributed by atoms with van der Waals surface area (Å²) in [6, 6.07) is -0.0312. The van der Waals surface area contributed by atoms with E-state index in [2.05, 4.69) is 15.3 Å². The third kappa shape index (κ3) is 3.78. The summed E-state index contributed by atoms with van der Waals surface area (Å²) in [5, 5.41) is 2.95. The molecule has 1 heterocycles. The molecule has 1 aliphatic carbocycles. The normalized spacial score (nSPS) is 24.0. The van der Waals surface area contributed by atoms with Crippen molar-refractivity contribution in [2.24, 2.45) is 11.8 Å². The van der Waals surface area contributed by atoms with Crippen molar-refractivity contribution in [1.82, 2.24) is 15.3 Å². The van der Waals surface area contributed by atoms with Crippen molar-refractivity contribution in [3.63, 3.8) is 0 Å². The van der Waals surface area contributed by atoms with E-state index in [4.69, 9.17) is 4.74 Å². The Morgan fingerprint density at radius 1 is 1.39 bits per heavy atom. The number of aromatic nitrogens is 2. The molecule has 0 saturated heterocycles. The molecule has 0 aliphatic heterocycles. The molecule has 2 rings (SSSR count). The standard InChI is InChI=1S/C16H23N3O4/c1-4-12(20)13-14(18-8-17-13)15(21)19-11-6-5-10(7-9(11)2)16(22)23-3/h8-11H,4-7H2,1-3H3,(H,17,18)(H,19,21). The monoisotopic (exact) mass is 321 g/mol. The highest BCUT2D eigenvalue weighted by Crippen LogP contribution is 2.30. The van der Waals surface area contributed by atoms with E-state index in [0.29, 0.717) is 25.7 Å². The smallest absolute Gasteiger partial charge is 0.308 e. The van der Waals surface area contributed by atoms with E-state index in [-0.39, 0.29) is 46.9 Å². The Morgan fingerprint density at radius 3 is 2.74 bits per heavy atom. The highest BCUT2D eigenvalue weighted by molar-refractivity contribution is 6.05. The van der Waals surface area contributed by atoms with Gasteiger partial charge in [-0.15, -0.1) is 0 Å². The summed E-state index contributed by atoms with van der Waals surface area (Å²) < 4.78 is 4.79. The summed E-state index contributed by atoms with van der Waals surface area (Å²) in [7, 11) is 1.39. The van der Waals surface area contributed by atoms with Crippen molar-refractivity contribution in [2.75, 3.05) is 7.11 Å². The number of imidazole rings is 1. The lowest BCUT2D eigenvalue weighted by Crippen LogP contribution is -2.44. The maximum Gasteiger partial charge on any atom is 0.308 e. The highest BCUT2D eigenvalue weighted by atomic mass is 16.5. The van der Waals surface area contributed by atoms with E-state index in [0.717, 1.165) is 0 Å². The number of nitrogens with zero attached hydrogens (tertiary/aromatic N) is 1. The average molecular weight is 321 g/mol. The van der Waals surface area contributed by atoms with Crippen LogP contribution in [-0.2, 0) is 9.53 Å². The van der Waals surface area contributed by atoms with Gasteiger partial charge in [-0.3, -0.25) is 14.4 Å². The maximum atomic E-state index is 12.4. The fourth-order valence-corrected chi connectivity index (χ4v) is 3.08. The molecule has 7 nitrogen and oxygen atoms in total. The van der Waals surface area contributed by atoms with E-state index in [1.165, 1.54) is 13.4 Å². The van der Waals surface area contributed by atoms with Crippen molar-refractivity contribution < 1.29 is 19.1 Å². The quantitative estimate of drug-likeness (QED) is 0.635. The minimum Gasteiger partial charge on any atom is -0.469 e. The molecule has 0 bridgehead atoms. The zero-order chi connectivity index (χ0) is 17.0. The number of esters is 1. The molecule has 0 radical (unpaired) electrons. The van der Waals surface area contributed by atoms with Crippen LogP contribution in [-0.4, -0.2) is 40.8 Å². The minimum atomic E-state index is -0.326. The van der Waals surface area contributed by atoms with Gasteiger partial charge < -0.3 is 15.0 Å². The number of ketones is 1. The molecule has 1 fully saturated rings. The summed E-state index contributed by atoms with van der Waals surface area (Å²) >= 11 is 0. The first-order chi connectivity index (χ1) is 11.0. The Bertz CT molecular complexity index is 596. The molecule has 126 valence electrons. The summed E-state index contributed by atoms with van der Waals surface area (Å²) in [6.45, 7) is 3.74. The number of hydrogen-bond acceptors (Lipinski definition) is 5. The number of aromatic amines is 1. The van der Waals surface area contributed by atoms with Gasteiger partial charge >= 0.3 is 5.97 Å². The molecule has 1 aromatic rings. The fraction of sp³-hybridized carbons (Fsp3) is 0.625. The Hall–Kier alpha value is -2.18. The first kappa shape index (κ1) is 17.2. The molecule has 1 saturated carbocycles. The van der Waals surface area contributed by atoms with Crippen molar-refractivity contribution in [3.05, 3.63) is 17.7 Å². The van der Waals surface area contributed by atoms with Crippen molar-refractivity contribution in [3.8, 4) is 0 Å². The number of rotatable bonds is 5. The second-order valence-electron chi connectivity index (χ2n) is 5.99. The topological polar surface area (TPSA) is 101 Å². The highest BCUT2D eigenvalue weighted by Gasteiger charge is 2.33. The zero-order valence-electron chi connectivity index (χ0n) is 13.7. The van der Waals surface area contributed by atoms with Gasteiger partial charge in [0.05, 0.1) is 19.4 Å². The van der Waals surface area contributed by atoms with Crippen molar-refractivity contribution in [2.45, 2.75) is 45.6 Å². The third-order valence-corrected chi connectivity index (χ3v) is 4.47. The molecule has 1 amide bonds. The van der Waals surface area contributed by atoms with Crippen LogP contribution in [0.4, 0.5) is 0 Å². The number of nitrogens with one attached hydrogen (secondary N) is 2. The molecule has 0 spiro atoms. The Kier molecular flexibility index (Phi) is 5.52. The number of carbonyl (C=O) groups is 3. The molecule has 1 aromatic heterocycles. The van der Waals surface area contributed by atoms with Crippen molar-refractivity contribution >= 4 is 17.7 Å². The molecular weight excluding hydrogens is 298 g/mol. The van der Waals surface area contributed by atoms with Crippen LogP contribution >= 0.6 is 0 Å². The summed E-state index contributed by atoms with van der Waals surface area (Å²) in [6.07, 6.45) is 3.73. The van der Waals surface area contributed by atoms with Crippen LogP contribution in [0.3, 0.4) is 0 Å². The van der Waals surface area contributed by atoms with Gasteiger partial charge in [0.25, 0.3) is 5.91 Å². The molecule has 7 heteroatoms. The first-order valence-electron chi connectivity index (χ1n) is 7.93. The van der Waals surface area contributed by atoms with Gasteiger partial charge in [-0.1, -0.05) is 13.8 Å². The molecule has 2 N–H and O–H groups in total. The van der Waals surface area contributed by atoms with Gasteiger partial charge in [0.1, 0.15) is 11.4 Å². The van der Waals surface area contributed by atoms with Gasteiger partial charge in [-0.25, -0.2) is 4.98 Å². The number of hydrogen-bond donors (Lipinski definition) is 2. The number of amides is 1. The fourth-order valence-electron chi connectivity index (χ4n) is 3.08. The van der Waals surface area contributed by atoms with E-state index < -0.39 is 0 Å². The number of carbonyl (C=O) groups excluding carboxylic acids is 3. The van der Waals surface area contributed by atoms with Crippen LogP contribution in [0.2, 0.25) is 0 Å². The summed E-state index contributed by atoms with van der Waals surface area (Å²) in [5.41, 5.74) is 0.389. The maximum absolute atomic E-state index is 12.4. The van der Waals surface area contributed by atoms with Crippen LogP contribution in [0, 0.1) is 11.8 Å². The molecule has 0 aromatic carbocycles. The van der Waals surface area contributed by atoms with Crippen LogP contribution in [0.15, 0.2) is 6.33 Å². The lowest BCUT2D eigenvalue weighted by Gasteiger charge is -2.33. The first-order valence-corrected chi connectivity index (χ1v) is 7.93. The number of methoxy groups -OCH3 is 1. The number of H-pyrrole nitrogens is 1. The predicted molar refractivity (Wildman–Crippen MR) is 83.0 cm³/mol. The Balaban J connectivity index is 2.00. The summed E-state index contributed by atoms with van der Waals surface area (Å²) in [4.78, 5) is 42.5. The summed E-state index contributed by atoms with van der Waals surface area (Å²) in [5.74, 6) is -0.630. The van der Waals surface area contributed by atoms with Crippen LogP contribution < -0.4 is 5.32 Å². The Morgan fingerprint density at radius 2 is 2.13 bits per heavy atom. The van der Waals surface area contributed by atoms with E-state index in [1.807, 2.05) is 6.92 Å². The van der Waals surface area contributed by atoms with Gasteiger partial charge in [-0.05, 0) is 25.2 Å². The van der Waals surface area contributed by atoms with Gasteiger partial charge in [0.2, 0.25) is 0 Å². The van der Waals surface area contributed by atoms with Gasteiger partial charge in [0, 0.05) is 12.5 Å². The van der Waals surface area contributed by atoms with Crippen LogP contribution in [0.25, 0.3) is 0 Å². The van der Waals surface area contributed by atoms with Gasteiger partial charge in [-0.2, -0.15) is 0 Å². The molecular formula is C16H23N3O4. The third-order valence-electron chi connectivity index (χ3n) is 4.47. The largest absolute Gasteiger partial charge is 0.469 e. The second-order valence-corrected chi connectivity index (χ2v) is 5.99. The van der Waals surface area contributed by atoms with Gasteiger partial charge in [0.15, 0.2) is 5.78 Å². The zero-order valence-corrected chi connectivity index (χ0v) is 13.7. The molecule has 3 atom stereocenters. The number of Topliss-reactive ketones (excluding diaryl/α,β-unsaturated/α-hetero) is 1. The SMILES string of the molecule is CCC(=O)c1nc[nH]c1C(=O)NC1CCC(C(=O)OC)CC1C. The van der Waals surface area contributed by atoms with E-state index >= 15 is 0 Å². The molecule has 3 unspecified atom stereocenters. The average Bonchev–Trinajstić information content (AvgIpc) is 3.04. The molecule has 1 aliphatic rings. The minimum absolute atomic E-state index is 0.0312. The van der Waals surface area contributed by atoms with Crippen LogP contribution in [0.1, 0.15) is 60.5 Å². The molecule has 23 heavy (non-hydrogen) atoms. The Labute approximate surface area is 135 Å². The number of ether oxygens (including phenoxy) is 1. The van der Waals surface area contributed by atoms with E-state index in [1.54, 1.807) is 6.92 Å². The van der Waals surface area contributed by atoms with E-state index in [9.17, 15) is 14.4 Å². The van der Waals surface area contributed by atoms with Crippen LogP contribution in [0.5, 0.6) is 0 Å². The predicted octanol–water partition coefficient (Wildman–Crippen LogP) is 1.71. The lowest BCUT2D eigenvalue weighted by molar-refractivity contribution is -0.147. The lowest BCUT2D eigenvalue weighted by atomic mass is 9.79.